The molecule has 1 aromatic rings. The molecule has 1 aliphatic rings. The van der Waals surface area contributed by atoms with Crippen LogP contribution in [0.4, 0.5) is 10.1 Å². The van der Waals surface area contributed by atoms with Gasteiger partial charge in [-0.25, -0.2) is 9.18 Å². The lowest BCUT2D eigenvalue weighted by Gasteiger charge is -2.37. The van der Waals surface area contributed by atoms with Gasteiger partial charge in [0.1, 0.15) is 5.82 Å². The van der Waals surface area contributed by atoms with Crippen LogP contribution in [0.3, 0.4) is 0 Å². The average Bonchev–Trinajstić information content (AvgIpc) is 2.37. The van der Waals surface area contributed by atoms with E-state index in [0.717, 1.165) is 37.8 Å². The molecular weight excluding hydrogens is 273 g/mol. The van der Waals surface area contributed by atoms with Crippen LogP contribution in [0, 0.1) is 17.2 Å². The maximum atomic E-state index is 13.3. The second-order valence-electron chi connectivity index (χ2n) is 6.27. The van der Waals surface area contributed by atoms with Gasteiger partial charge in [0.25, 0.3) is 0 Å². The molecule has 2 N–H and O–H groups in total. The average molecular weight is 293 g/mol. The Bertz CT molecular complexity index is 569. The molecule has 1 saturated carbocycles. The number of hydrogen-bond acceptors (Lipinski definition) is 2. The molecule has 1 atom stereocenters. The normalized spacial score (nSPS) is 20.8. The first-order valence-corrected chi connectivity index (χ1v) is 7.15. The van der Waals surface area contributed by atoms with Gasteiger partial charge in [0.05, 0.1) is 11.3 Å². The third-order valence-corrected chi connectivity index (χ3v) is 4.29. The Kier molecular flexibility index (Phi) is 4.30. The molecule has 2 rings (SSSR count). The summed E-state index contributed by atoms with van der Waals surface area (Å²) >= 11 is 0. The van der Waals surface area contributed by atoms with E-state index in [1.54, 1.807) is 0 Å². The number of carbonyl (C=O) groups excluding carboxylic acids is 1. The Balaban J connectivity index is 2.23. The molecule has 1 aliphatic carbocycles. The smallest absolute Gasteiger partial charge is 0.337 e. The number of nitrogens with one attached hydrogen (secondary N) is 1. The van der Waals surface area contributed by atoms with Crippen molar-refractivity contribution in [2.45, 2.75) is 39.5 Å². The molecule has 4 nitrogen and oxygen atoms in total. The zero-order valence-corrected chi connectivity index (χ0v) is 12.3. The van der Waals surface area contributed by atoms with Gasteiger partial charge in [-0.05, 0) is 36.5 Å². The SMILES string of the molecule is CC1(C)CCCCC1C(=O)Nc1cc(F)ccc1C(=O)O. The van der Waals surface area contributed by atoms with Crippen LogP contribution in [0.25, 0.3) is 0 Å². The van der Waals surface area contributed by atoms with Crippen molar-refractivity contribution in [2.75, 3.05) is 5.32 Å². The van der Waals surface area contributed by atoms with Gasteiger partial charge in [0.2, 0.25) is 5.91 Å². The van der Waals surface area contributed by atoms with Crippen LogP contribution in [0.5, 0.6) is 0 Å². The molecule has 5 heteroatoms. The number of hydrogen-bond donors (Lipinski definition) is 2. The maximum Gasteiger partial charge on any atom is 0.337 e. The first-order valence-electron chi connectivity index (χ1n) is 7.15. The highest BCUT2D eigenvalue weighted by molar-refractivity contribution is 6.01. The highest BCUT2D eigenvalue weighted by atomic mass is 19.1. The van der Waals surface area contributed by atoms with Crippen molar-refractivity contribution in [1.29, 1.82) is 0 Å². The third-order valence-electron chi connectivity index (χ3n) is 4.29. The third kappa shape index (κ3) is 3.40. The molecule has 21 heavy (non-hydrogen) atoms. The molecule has 0 aromatic heterocycles. The Labute approximate surface area is 123 Å². The predicted octanol–water partition coefficient (Wildman–Crippen LogP) is 3.68. The van der Waals surface area contributed by atoms with Crippen LogP contribution in [-0.4, -0.2) is 17.0 Å². The number of aromatic carboxylic acids is 1. The van der Waals surface area contributed by atoms with Gasteiger partial charge >= 0.3 is 5.97 Å². The van der Waals surface area contributed by atoms with Crippen molar-refractivity contribution >= 4 is 17.6 Å². The maximum absolute atomic E-state index is 13.3. The summed E-state index contributed by atoms with van der Waals surface area (Å²) in [5.41, 5.74) is -0.203. The number of anilines is 1. The van der Waals surface area contributed by atoms with Crippen molar-refractivity contribution in [3.63, 3.8) is 0 Å². The van der Waals surface area contributed by atoms with Gasteiger partial charge in [-0.3, -0.25) is 4.79 Å². The number of carboxylic acid groups (broad SMARTS) is 1. The van der Waals surface area contributed by atoms with Gasteiger partial charge in [-0.1, -0.05) is 26.7 Å². The highest BCUT2D eigenvalue weighted by Crippen LogP contribution is 2.41. The molecule has 0 spiro atoms. The predicted molar refractivity (Wildman–Crippen MR) is 77.7 cm³/mol. The van der Waals surface area contributed by atoms with E-state index < -0.39 is 11.8 Å². The topological polar surface area (TPSA) is 66.4 Å². The van der Waals surface area contributed by atoms with E-state index in [9.17, 15) is 14.0 Å². The number of carbonyl (C=O) groups is 2. The number of rotatable bonds is 3. The van der Waals surface area contributed by atoms with E-state index in [0.29, 0.717) is 0 Å². The van der Waals surface area contributed by atoms with Crippen molar-refractivity contribution < 1.29 is 19.1 Å². The first kappa shape index (κ1) is 15.5. The van der Waals surface area contributed by atoms with E-state index in [1.165, 1.54) is 6.07 Å². The molecule has 0 heterocycles. The van der Waals surface area contributed by atoms with Gasteiger partial charge in [-0.15, -0.1) is 0 Å². The standard InChI is InChI=1S/C16H20FNO3/c1-16(2)8-4-3-5-12(16)14(19)18-13-9-10(17)6-7-11(13)15(20)21/h6-7,9,12H,3-5,8H2,1-2H3,(H,18,19)(H,20,21). The van der Waals surface area contributed by atoms with Crippen LogP contribution in [0.2, 0.25) is 0 Å². The van der Waals surface area contributed by atoms with Crippen LogP contribution in [0.1, 0.15) is 49.9 Å². The molecule has 1 unspecified atom stereocenters. The summed E-state index contributed by atoms with van der Waals surface area (Å²) in [7, 11) is 0. The zero-order chi connectivity index (χ0) is 15.6. The minimum absolute atomic E-state index is 0.0221. The van der Waals surface area contributed by atoms with Crippen LogP contribution >= 0.6 is 0 Å². The molecule has 1 aromatic carbocycles. The Morgan fingerprint density at radius 3 is 2.67 bits per heavy atom. The quantitative estimate of drug-likeness (QED) is 0.893. The molecular formula is C16H20FNO3. The lowest BCUT2D eigenvalue weighted by Crippen LogP contribution is -2.37. The summed E-state index contributed by atoms with van der Waals surface area (Å²) in [4.78, 5) is 23.6. The minimum Gasteiger partial charge on any atom is -0.478 e. The van der Waals surface area contributed by atoms with E-state index in [-0.39, 0.29) is 28.5 Å². The number of amides is 1. The fraction of sp³-hybridized carbons (Fsp3) is 0.500. The summed E-state index contributed by atoms with van der Waals surface area (Å²) in [5, 5.41) is 11.7. The van der Waals surface area contributed by atoms with E-state index in [4.69, 9.17) is 5.11 Å². The number of carboxylic acids is 1. The molecule has 0 aliphatic heterocycles. The van der Waals surface area contributed by atoms with Gasteiger partial charge in [0.15, 0.2) is 0 Å². The van der Waals surface area contributed by atoms with Gasteiger partial charge < -0.3 is 10.4 Å². The van der Waals surface area contributed by atoms with Crippen molar-refractivity contribution in [2.24, 2.45) is 11.3 Å². The van der Waals surface area contributed by atoms with Gasteiger partial charge in [-0.2, -0.15) is 0 Å². The van der Waals surface area contributed by atoms with E-state index in [2.05, 4.69) is 5.32 Å². The van der Waals surface area contributed by atoms with Crippen LogP contribution in [0.15, 0.2) is 18.2 Å². The Morgan fingerprint density at radius 2 is 2.05 bits per heavy atom. The van der Waals surface area contributed by atoms with Crippen LogP contribution < -0.4 is 5.32 Å². The van der Waals surface area contributed by atoms with E-state index in [1.807, 2.05) is 13.8 Å². The summed E-state index contributed by atoms with van der Waals surface area (Å²) in [5.74, 6) is -2.17. The van der Waals surface area contributed by atoms with Crippen molar-refractivity contribution in [3.8, 4) is 0 Å². The molecule has 0 saturated heterocycles. The first-order chi connectivity index (χ1) is 9.81. The second-order valence-corrected chi connectivity index (χ2v) is 6.27. The monoisotopic (exact) mass is 293 g/mol. The summed E-state index contributed by atoms with van der Waals surface area (Å²) in [6, 6.07) is 3.29. The van der Waals surface area contributed by atoms with E-state index >= 15 is 0 Å². The summed E-state index contributed by atoms with van der Waals surface area (Å²) < 4.78 is 13.3. The Morgan fingerprint density at radius 1 is 1.33 bits per heavy atom. The van der Waals surface area contributed by atoms with Crippen molar-refractivity contribution in [1.82, 2.24) is 0 Å². The fourth-order valence-corrected chi connectivity index (χ4v) is 3.01. The van der Waals surface area contributed by atoms with Crippen LogP contribution in [-0.2, 0) is 4.79 Å². The number of benzene rings is 1. The minimum atomic E-state index is -1.19. The highest BCUT2D eigenvalue weighted by Gasteiger charge is 2.37. The molecule has 114 valence electrons. The summed E-state index contributed by atoms with van der Waals surface area (Å²) in [6.45, 7) is 4.08. The Hall–Kier alpha value is -1.91. The summed E-state index contributed by atoms with van der Waals surface area (Å²) in [6.07, 6.45) is 3.81. The molecule has 0 bridgehead atoms. The lowest BCUT2D eigenvalue weighted by molar-refractivity contribution is -0.124. The molecule has 0 radical (unpaired) electrons. The zero-order valence-electron chi connectivity index (χ0n) is 12.3. The largest absolute Gasteiger partial charge is 0.478 e. The van der Waals surface area contributed by atoms with Gasteiger partial charge in [0, 0.05) is 5.92 Å². The fourth-order valence-electron chi connectivity index (χ4n) is 3.01. The molecule has 1 amide bonds. The number of halogens is 1. The second kappa shape index (κ2) is 5.84. The molecule has 1 fully saturated rings. The van der Waals surface area contributed by atoms with Crippen molar-refractivity contribution in [3.05, 3.63) is 29.6 Å². The lowest BCUT2D eigenvalue weighted by atomic mass is 9.68.